The second kappa shape index (κ2) is 7.74. The number of aliphatic hydroxyl groups excluding tert-OH is 1. The molecule has 1 aromatic rings. The van der Waals surface area contributed by atoms with E-state index in [2.05, 4.69) is 5.32 Å². The van der Waals surface area contributed by atoms with Crippen LogP contribution < -0.4 is 10.1 Å². The van der Waals surface area contributed by atoms with E-state index in [0.717, 1.165) is 0 Å². The summed E-state index contributed by atoms with van der Waals surface area (Å²) in [5, 5.41) is 12.7. The Morgan fingerprint density at radius 3 is 2.67 bits per heavy atom. The number of nitrogens with one attached hydrogen (secondary N) is 1. The summed E-state index contributed by atoms with van der Waals surface area (Å²) in [7, 11) is 0. The number of alkyl halides is 2. The molecule has 0 saturated carbocycles. The Morgan fingerprint density at radius 2 is 2.00 bits per heavy atom. The third-order valence-corrected chi connectivity index (χ3v) is 2.55. The highest BCUT2D eigenvalue weighted by molar-refractivity contribution is 6.34. The van der Waals surface area contributed by atoms with Gasteiger partial charge in [0.25, 0.3) is 6.43 Å². The molecule has 1 atom stereocenters. The van der Waals surface area contributed by atoms with Crippen LogP contribution in [0, 0.1) is 0 Å². The van der Waals surface area contributed by atoms with Gasteiger partial charge in [-0.15, -0.1) is 0 Å². The predicted octanol–water partition coefficient (Wildman–Crippen LogP) is 2.59. The van der Waals surface area contributed by atoms with Crippen LogP contribution in [-0.2, 0) is 0 Å². The summed E-state index contributed by atoms with van der Waals surface area (Å²) in [6.45, 7) is -0.506. The number of ether oxygens (including phenoxy) is 1. The van der Waals surface area contributed by atoms with Crippen LogP contribution in [0.15, 0.2) is 18.2 Å². The van der Waals surface area contributed by atoms with Gasteiger partial charge in [0.15, 0.2) is 0 Å². The lowest BCUT2D eigenvalue weighted by Gasteiger charge is -2.14. The van der Waals surface area contributed by atoms with Crippen LogP contribution in [0.1, 0.15) is 0 Å². The van der Waals surface area contributed by atoms with Crippen LogP contribution in [-0.4, -0.2) is 37.3 Å². The van der Waals surface area contributed by atoms with Crippen molar-refractivity contribution in [3.8, 4) is 5.75 Å². The summed E-state index contributed by atoms with van der Waals surface area (Å²) in [4.78, 5) is 0. The van der Waals surface area contributed by atoms with Crippen LogP contribution >= 0.6 is 23.2 Å². The molecule has 18 heavy (non-hydrogen) atoms. The Kier molecular flexibility index (Phi) is 6.63. The molecule has 0 aromatic heterocycles. The summed E-state index contributed by atoms with van der Waals surface area (Å²) in [5.74, 6) is 0.345. The standard InChI is InChI=1S/C11H13Cl2F2NO2/c12-7-1-2-9(13)10(3-7)18-6-8(17)4-16-5-11(14)15/h1-3,8,11,16-17H,4-6H2. The lowest BCUT2D eigenvalue weighted by atomic mass is 10.3. The molecule has 0 radical (unpaired) electrons. The van der Waals surface area contributed by atoms with Crippen molar-refractivity contribution in [3.63, 3.8) is 0 Å². The minimum Gasteiger partial charge on any atom is -0.489 e. The lowest BCUT2D eigenvalue weighted by Crippen LogP contribution is -2.34. The second-order valence-electron chi connectivity index (χ2n) is 3.59. The van der Waals surface area contributed by atoms with Gasteiger partial charge in [0.2, 0.25) is 0 Å². The highest BCUT2D eigenvalue weighted by Gasteiger charge is 2.09. The maximum Gasteiger partial charge on any atom is 0.250 e. The Labute approximate surface area is 114 Å². The first-order valence-electron chi connectivity index (χ1n) is 5.24. The van der Waals surface area contributed by atoms with Gasteiger partial charge < -0.3 is 15.2 Å². The van der Waals surface area contributed by atoms with E-state index < -0.39 is 19.1 Å². The van der Waals surface area contributed by atoms with Crippen molar-refractivity contribution in [2.45, 2.75) is 12.5 Å². The molecule has 0 saturated heterocycles. The van der Waals surface area contributed by atoms with E-state index in [0.29, 0.717) is 15.8 Å². The van der Waals surface area contributed by atoms with Gasteiger partial charge in [0.1, 0.15) is 18.5 Å². The fraction of sp³-hybridized carbons (Fsp3) is 0.455. The number of halogens is 4. The molecule has 0 aliphatic heterocycles. The van der Waals surface area contributed by atoms with E-state index in [-0.39, 0.29) is 13.2 Å². The van der Waals surface area contributed by atoms with Gasteiger partial charge in [-0.2, -0.15) is 0 Å². The Balaban J connectivity index is 2.33. The molecule has 7 heteroatoms. The maximum atomic E-state index is 11.8. The number of benzene rings is 1. The van der Waals surface area contributed by atoms with Crippen LogP contribution in [0.4, 0.5) is 8.78 Å². The Bertz CT molecular complexity index is 380. The number of hydrogen-bond acceptors (Lipinski definition) is 3. The normalized spacial score (nSPS) is 12.8. The van der Waals surface area contributed by atoms with Crippen LogP contribution in [0.2, 0.25) is 10.0 Å². The summed E-state index contributed by atoms with van der Waals surface area (Å²) in [5.41, 5.74) is 0. The van der Waals surface area contributed by atoms with Gasteiger partial charge in [0.05, 0.1) is 11.6 Å². The molecular weight excluding hydrogens is 287 g/mol. The monoisotopic (exact) mass is 299 g/mol. The average Bonchev–Trinajstić information content (AvgIpc) is 2.30. The highest BCUT2D eigenvalue weighted by Crippen LogP contribution is 2.27. The zero-order valence-electron chi connectivity index (χ0n) is 9.38. The second-order valence-corrected chi connectivity index (χ2v) is 4.43. The molecule has 1 rings (SSSR count). The number of hydrogen-bond donors (Lipinski definition) is 2. The van der Waals surface area contributed by atoms with Crippen molar-refractivity contribution < 1.29 is 18.6 Å². The Hall–Kier alpha value is -0.620. The van der Waals surface area contributed by atoms with E-state index >= 15 is 0 Å². The highest BCUT2D eigenvalue weighted by atomic mass is 35.5. The van der Waals surface area contributed by atoms with Crippen molar-refractivity contribution in [1.82, 2.24) is 5.32 Å². The molecule has 1 aromatic carbocycles. The summed E-state index contributed by atoms with van der Waals surface area (Å²) >= 11 is 11.6. The van der Waals surface area contributed by atoms with E-state index in [1.807, 2.05) is 0 Å². The van der Waals surface area contributed by atoms with E-state index in [1.165, 1.54) is 6.07 Å². The number of aliphatic hydroxyl groups is 1. The first-order chi connectivity index (χ1) is 8.49. The summed E-state index contributed by atoms with van der Waals surface area (Å²) < 4.78 is 28.9. The van der Waals surface area contributed by atoms with Gasteiger partial charge in [-0.25, -0.2) is 8.78 Å². The van der Waals surface area contributed by atoms with Crippen molar-refractivity contribution >= 4 is 23.2 Å². The molecule has 0 heterocycles. The SMILES string of the molecule is OC(CNCC(F)F)COc1cc(Cl)ccc1Cl. The number of rotatable bonds is 7. The van der Waals surface area contributed by atoms with Gasteiger partial charge in [-0.1, -0.05) is 23.2 Å². The first-order valence-corrected chi connectivity index (χ1v) is 5.99. The lowest BCUT2D eigenvalue weighted by molar-refractivity contribution is 0.0952. The molecule has 0 amide bonds. The predicted molar refractivity (Wildman–Crippen MR) is 66.8 cm³/mol. The minimum absolute atomic E-state index is 0.0164. The fourth-order valence-corrected chi connectivity index (χ4v) is 1.53. The topological polar surface area (TPSA) is 41.5 Å². The summed E-state index contributed by atoms with van der Waals surface area (Å²) in [6, 6.07) is 4.70. The fourth-order valence-electron chi connectivity index (χ4n) is 1.19. The largest absolute Gasteiger partial charge is 0.489 e. The van der Waals surface area contributed by atoms with Crippen molar-refractivity contribution in [2.24, 2.45) is 0 Å². The van der Waals surface area contributed by atoms with Crippen LogP contribution in [0.5, 0.6) is 5.75 Å². The van der Waals surface area contributed by atoms with Crippen LogP contribution in [0.3, 0.4) is 0 Å². The minimum atomic E-state index is -2.44. The third kappa shape index (κ3) is 5.82. The van der Waals surface area contributed by atoms with Crippen molar-refractivity contribution in [3.05, 3.63) is 28.2 Å². The molecule has 0 aliphatic rings. The molecular formula is C11H13Cl2F2NO2. The molecule has 102 valence electrons. The molecule has 0 aliphatic carbocycles. The van der Waals surface area contributed by atoms with Gasteiger partial charge in [0, 0.05) is 17.6 Å². The van der Waals surface area contributed by atoms with Gasteiger partial charge >= 0.3 is 0 Å². The summed E-state index contributed by atoms with van der Waals surface area (Å²) in [6.07, 6.45) is -3.35. The van der Waals surface area contributed by atoms with E-state index in [1.54, 1.807) is 12.1 Å². The molecule has 0 fully saturated rings. The third-order valence-electron chi connectivity index (χ3n) is 2.00. The molecule has 0 bridgehead atoms. The maximum absolute atomic E-state index is 11.8. The molecule has 2 N–H and O–H groups in total. The molecule has 3 nitrogen and oxygen atoms in total. The zero-order valence-corrected chi connectivity index (χ0v) is 10.9. The van der Waals surface area contributed by atoms with Gasteiger partial charge in [-0.3, -0.25) is 0 Å². The molecule has 0 spiro atoms. The van der Waals surface area contributed by atoms with Gasteiger partial charge in [-0.05, 0) is 12.1 Å². The quantitative estimate of drug-likeness (QED) is 0.813. The Morgan fingerprint density at radius 1 is 1.28 bits per heavy atom. The zero-order chi connectivity index (χ0) is 13.5. The van der Waals surface area contributed by atoms with E-state index in [4.69, 9.17) is 27.9 Å². The molecule has 1 unspecified atom stereocenters. The smallest absolute Gasteiger partial charge is 0.250 e. The van der Waals surface area contributed by atoms with E-state index in [9.17, 15) is 13.9 Å². The van der Waals surface area contributed by atoms with Crippen LogP contribution in [0.25, 0.3) is 0 Å². The van der Waals surface area contributed by atoms with Crippen molar-refractivity contribution in [1.29, 1.82) is 0 Å². The average molecular weight is 300 g/mol. The van der Waals surface area contributed by atoms with Crippen molar-refractivity contribution in [2.75, 3.05) is 19.7 Å². The first kappa shape index (κ1) is 15.4.